The van der Waals surface area contributed by atoms with Gasteiger partial charge in [0.15, 0.2) is 0 Å². The van der Waals surface area contributed by atoms with Crippen molar-refractivity contribution in [3.8, 4) is 0 Å². The van der Waals surface area contributed by atoms with Crippen LogP contribution in [0.5, 0.6) is 0 Å². The molecule has 2 bridgehead atoms. The Balaban J connectivity index is 2.45. The maximum Gasteiger partial charge on any atom is 0.0889 e. The highest BCUT2D eigenvalue weighted by molar-refractivity contribution is 5.28. The van der Waals surface area contributed by atoms with Crippen molar-refractivity contribution in [2.75, 3.05) is 0 Å². The smallest absolute Gasteiger partial charge is 0.0889 e. The second-order valence-electron chi connectivity index (χ2n) is 4.05. The lowest BCUT2D eigenvalue weighted by atomic mass is 9.79. The number of rotatable bonds is 0. The molecule has 0 aliphatic heterocycles. The molecule has 3 atom stereocenters. The van der Waals surface area contributed by atoms with Crippen LogP contribution in [0.15, 0.2) is 12.2 Å². The standard InChI is InChI=1S/C8H15N3/c1-7(9)5-2-3-6(4-5)8(7,10)11/h2-3,5-6H,4,9-11H2,1H3. The highest BCUT2D eigenvalue weighted by Crippen LogP contribution is 2.47. The van der Waals surface area contributed by atoms with Gasteiger partial charge in [0.2, 0.25) is 0 Å². The molecule has 0 saturated heterocycles. The van der Waals surface area contributed by atoms with Gasteiger partial charge >= 0.3 is 0 Å². The molecule has 0 aromatic rings. The van der Waals surface area contributed by atoms with Crippen molar-refractivity contribution < 1.29 is 0 Å². The van der Waals surface area contributed by atoms with E-state index >= 15 is 0 Å². The predicted molar refractivity (Wildman–Crippen MR) is 44.4 cm³/mol. The van der Waals surface area contributed by atoms with Crippen molar-refractivity contribution in [1.29, 1.82) is 0 Å². The molecule has 1 fully saturated rings. The van der Waals surface area contributed by atoms with Crippen molar-refractivity contribution >= 4 is 0 Å². The van der Waals surface area contributed by atoms with Gasteiger partial charge in [0, 0.05) is 5.92 Å². The average molecular weight is 153 g/mol. The van der Waals surface area contributed by atoms with Crippen molar-refractivity contribution in [3.05, 3.63) is 12.2 Å². The summed E-state index contributed by atoms with van der Waals surface area (Å²) in [6.07, 6.45) is 5.27. The molecule has 3 nitrogen and oxygen atoms in total. The monoisotopic (exact) mass is 153 g/mol. The number of hydrogen-bond acceptors (Lipinski definition) is 3. The van der Waals surface area contributed by atoms with Gasteiger partial charge in [-0.25, -0.2) is 0 Å². The summed E-state index contributed by atoms with van der Waals surface area (Å²) in [6.45, 7) is 1.95. The second-order valence-corrected chi connectivity index (χ2v) is 4.05. The minimum atomic E-state index is -0.702. The van der Waals surface area contributed by atoms with Gasteiger partial charge in [-0.1, -0.05) is 12.2 Å². The lowest BCUT2D eigenvalue weighted by Gasteiger charge is -2.41. The fourth-order valence-electron chi connectivity index (χ4n) is 2.22. The summed E-state index contributed by atoms with van der Waals surface area (Å²) in [4.78, 5) is 0. The first-order valence-corrected chi connectivity index (χ1v) is 4.01. The van der Waals surface area contributed by atoms with Gasteiger partial charge in [0.1, 0.15) is 0 Å². The Bertz CT molecular complexity index is 195. The van der Waals surface area contributed by atoms with Crippen molar-refractivity contribution in [1.82, 2.24) is 0 Å². The van der Waals surface area contributed by atoms with E-state index in [1.165, 1.54) is 0 Å². The average Bonchev–Trinajstić information content (AvgIpc) is 2.37. The summed E-state index contributed by atoms with van der Waals surface area (Å²) >= 11 is 0. The third-order valence-corrected chi connectivity index (χ3v) is 3.40. The number of fused-ring (bicyclic) bond motifs is 2. The van der Waals surface area contributed by atoms with Gasteiger partial charge in [0.05, 0.1) is 11.2 Å². The topological polar surface area (TPSA) is 78.1 Å². The molecule has 0 spiro atoms. The zero-order valence-corrected chi connectivity index (χ0v) is 6.75. The Morgan fingerprint density at radius 3 is 2.00 bits per heavy atom. The summed E-state index contributed by atoms with van der Waals surface area (Å²) in [5.41, 5.74) is 16.8. The molecule has 2 rings (SSSR count). The minimum absolute atomic E-state index is 0.280. The Morgan fingerprint density at radius 2 is 1.73 bits per heavy atom. The highest BCUT2D eigenvalue weighted by atomic mass is 15.1. The van der Waals surface area contributed by atoms with Crippen LogP contribution in [0.2, 0.25) is 0 Å². The van der Waals surface area contributed by atoms with E-state index in [-0.39, 0.29) is 5.92 Å². The third kappa shape index (κ3) is 0.637. The van der Waals surface area contributed by atoms with Crippen LogP contribution in [0.3, 0.4) is 0 Å². The molecular formula is C8H15N3. The Morgan fingerprint density at radius 1 is 1.18 bits per heavy atom. The van der Waals surface area contributed by atoms with Gasteiger partial charge < -0.3 is 17.2 Å². The minimum Gasteiger partial charge on any atom is -0.322 e. The lowest BCUT2D eigenvalue weighted by Crippen LogP contribution is -2.71. The van der Waals surface area contributed by atoms with Crippen LogP contribution in [-0.4, -0.2) is 11.2 Å². The van der Waals surface area contributed by atoms with Crippen molar-refractivity contribution in [2.45, 2.75) is 24.5 Å². The first-order valence-electron chi connectivity index (χ1n) is 4.01. The molecule has 11 heavy (non-hydrogen) atoms. The van der Waals surface area contributed by atoms with Crippen LogP contribution < -0.4 is 17.2 Å². The molecule has 6 N–H and O–H groups in total. The van der Waals surface area contributed by atoms with Gasteiger partial charge in [-0.3, -0.25) is 0 Å². The molecule has 0 amide bonds. The molecule has 3 unspecified atom stereocenters. The summed E-state index contributed by atoms with van der Waals surface area (Å²) in [5.74, 6) is 0.657. The second kappa shape index (κ2) is 1.68. The van der Waals surface area contributed by atoms with Crippen molar-refractivity contribution in [3.63, 3.8) is 0 Å². The van der Waals surface area contributed by atoms with E-state index in [2.05, 4.69) is 12.2 Å². The fraction of sp³-hybridized carbons (Fsp3) is 0.750. The van der Waals surface area contributed by atoms with Gasteiger partial charge in [-0.2, -0.15) is 0 Å². The zero-order chi connectivity index (χ0) is 8.28. The van der Waals surface area contributed by atoms with Crippen LogP contribution in [-0.2, 0) is 0 Å². The highest BCUT2D eigenvalue weighted by Gasteiger charge is 2.57. The largest absolute Gasteiger partial charge is 0.322 e. The van der Waals surface area contributed by atoms with E-state index in [0.717, 1.165) is 6.42 Å². The molecule has 0 radical (unpaired) electrons. The quantitative estimate of drug-likeness (QED) is 0.325. The van der Waals surface area contributed by atoms with Crippen LogP contribution in [0.1, 0.15) is 13.3 Å². The van der Waals surface area contributed by atoms with Crippen LogP contribution in [0.4, 0.5) is 0 Å². The maximum atomic E-state index is 6.04. The molecule has 62 valence electrons. The van der Waals surface area contributed by atoms with E-state index < -0.39 is 11.2 Å². The van der Waals surface area contributed by atoms with Crippen LogP contribution in [0.25, 0.3) is 0 Å². The molecular weight excluding hydrogens is 138 g/mol. The summed E-state index contributed by atoms with van der Waals surface area (Å²) in [6, 6.07) is 0. The van der Waals surface area contributed by atoms with E-state index in [9.17, 15) is 0 Å². The summed E-state index contributed by atoms with van der Waals surface area (Å²) in [5, 5.41) is 0. The van der Waals surface area contributed by atoms with Gasteiger partial charge in [-0.15, -0.1) is 0 Å². The first kappa shape index (κ1) is 7.28. The summed E-state index contributed by atoms with van der Waals surface area (Å²) in [7, 11) is 0. The van der Waals surface area contributed by atoms with Crippen LogP contribution >= 0.6 is 0 Å². The molecule has 2 aliphatic rings. The molecule has 0 aromatic carbocycles. The lowest BCUT2D eigenvalue weighted by molar-refractivity contribution is 0.227. The number of nitrogens with two attached hydrogens (primary N) is 3. The predicted octanol–water partition coefficient (Wildman–Crippen LogP) is -0.477. The fourth-order valence-corrected chi connectivity index (χ4v) is 2.22. The number of hydrogen-bond donors (Lipinski definition) is 3. The van der Waals surface area contributed by atoms with Crippen LogP contribution in [0, 0.1) is 11.8 Å². The molecule has 0 aromatic heterocycles. The Labute approximate surface area is 66.6 Å². The molecule has 3 heteroatoms. The first-order chi connectivity index (χ1) is 4.96. The van der Waals surface area contributed by atoms with E-state index in [1.807, 2.05) is 6.92 Å². The van der Waals surface area contributed by atoms with Gasteiger partial charge in [0.25, 0.3) is 0 Å². The maximum absolute atomic E-state index is 6.04. The summed E-state index contributed by atoms with van der Waals surface area (Å²) < 4.78 is 0. The zero-order valence-electron chi connectivity index (χ0n) is 6.75. The molecule has 1 saturated carbocycles. The molecule has 2 aliphatic carbocycles. The van der Waals surface area contributed by atoms with Crippen molar-refractivity contribution in [2.24, 2.45) is 29.0 Å². The van der Waals surface area contributed by atoms with Gasteiger partial charge in [-0.05, 0) is 19.3 Å². The van der Waals surface area contributed by atoms with E-state index in [4.69, 9.17) is 17.2 Å². The SMILES string of the molecule is CC1(N)C2C=CC(C2)C1(N)N. The van der Waals surface area contributed by atoms with E-state index in [1.54, 1.807) is 0 Å². The Hall–Kier alpha value is -0.380. The normalized spacial score (nSPS) is 52.0. The third-order valence-electron chi connectivity index (χ3n) is 3.40. The Kier molecular flexibility index (Phi) is 1.11. The molecule has 0 heterocycles. The van der Waals surface area contributed by atoms with E-state index in [0.29, 0.717) is 5.92 Å².